The van der Waals surface area contributed by atoms with E-state index in [1.54, 1.807) is 12.0 Å². The molecule has 0 aromatic heterocycles. The second-order valence-corrected chi connectivity index (χ2v) is 5.14. The van der Waals surface area contributed by atoms with Crippen LogP contribution in [0.2, 0.25) is 0 Å². The summed E-state index contributed by atoms with van der Waals surface area (Å²) in [6.07, 6.45) is -0.125. The molecule has 0 radical (unpaired) electrons. The van der Waals surface area contributed by atoms with E-state index < -0.39 is 5.60 Å². The number of nitrogens with zero attached hydrogens (tertiary/aromatic N) is 1. The molecule has 1 unspecified atom stereocenters. The van der Waals surface area contributed by atoms with Crippen LogP contribution >= 0.6 is 0 Å². The fourth-order valence-corrected chi connectivity index (χ4v) is 2.07. The number of nitrogens with one attached hydrogen (secondary N) is 1. The molecule has 1 saturated heterocycles. The highest BCUT2D eigenvalue weighted by Gasteiger charge is 2.35. The van der Waals surface area contributed by atoms with Gasteiger partial charge in [0.05, 0.1) is 24.9 Å². The van der Waals surface area contributed by atoms with Gasteiger partial charge in [-0.3, -0.25) is 9.59 Å². The van der Waals surface area contributed by atoms with Crippen LogP contribution in [0, 0.1) is 0 Å². The van der Waals surface area contributed by atoms with E-state index in [2.05, 4.69) is 5.32 Å². The topological polar surface area (TPSA) is 67.9 Å². The van der Waals surface area contributed by atoms with Crippen LogP contribution in [0.5, 0.6) is 0 Å². The Labute approximate surface area is 108 Å². The maximum Gasteiger partial charge on any atom is 0.242 e. The predicted molar refractivity (Wildman–Crippen MR) is 66.1 cm³/mol. The van der Waals surface area contributed by atoms with Crippen molar-refractivity contribution in [1.29, 1.82) is 0 Å². The van der Waals surface area contributed by atoms with Crippen LogP contribution in [-0.2, 0) is 19.1 Å². The lowest BCUT2D eigenvalue weighted by molar-refractivity contribution is -0.168. The van der Waals surface area contributed by atoms with Gasteiger partial charge >= 0.3 is 0 Å². The lowest BCUT2D eigenvalue weighted by Crippen LogP contribution is -2.57. The molecule has 1 heterocycles. The third kappa shape index (κ3) is 4.62. The van der Waals surface area contributed by atoms with Crippen molar-refractivity contribution >= 4 is 11.8 Å². The SMILES string of the molecule is COCC1CN(C(=O)CNC(C)=O)CC(C)(C)O1. The number of methoxy groups -OCH3 is 1. The number of morpholine rings is 1. The van der Waals surface area contributed by atoms with Crippen LogP contribution in [0.3, 0.4) is 0 Å². The highest BCUT2D eigenvalue weighted by molar-refractivity contribution is 5.83. The van der Waals surface area contributed by atoms with Crippen LogP contribution in [-0.4, -0.2) is 61.8 Å². The molecule has 6 heteroatoms. The number of hydrogen-bond acceptors (Lipinski definition) is 4. The third-order valence-electron chi connectivity index (χ3n) is 2.68. The first-order valence-electron chi connectivity index (χ1n) is 6.03. The second-order valence-electron chi connectivity index (χ2n) is 5.14. The lowest BCUT2D eigenvalue weighted by atomic mass is 10.1. The van der Waals surface area contributed by atoms with Crippen molar-refractivity contribution in [1.82, 2.24) is 10.2 Å². The number of amides is 2. The van der Waals surface area contributed by atoms with Gasteiger partial charge in [-0.25, -0.2) is 0 Å². The zero-order valence-electron chi connectivity index (χ0n) is 11.5. The summed E-state index contributed by atoms with van der Waals surface area (Å²) in [5.41, 5.74) is -0.396. The molecule has 104 valence electrons. The average molecular weight is 258 g/mol. The Morgan fingerprint density at radius 3 is 2.72 bits per heavy atom. The summed E-state index contributed by atoms with van der Waals surface area (Å²) in [6.45, 7) is 6.77. The number of ether oxygens (including phenoxy) is 2. The largest absolute Gasteiger partial charge is 0.382 e. The smallest absolute Gasteiger partial charge is 0.242 e. The summed E-state index contributed by atoms with van der Waals surface area (Å²) < 4.78 is 10.9. The van der Waals surface area contributed by atoms with E-state index in [1.165, 1.54) is 6.92 Å². The van der Waals surface area contributed by atoms with Crippen LogP contribution in [0.4, 0.5) is 0 Å². The Morgan fingerprint density at radius 1 is 1.50 bits per heavy atom. The van der Waals surface area contributed by atoms with Crippen LogP contribution in [0.15, 0.2) is 0 Å². The predicted octanol–water partition coefficient (Wildman–Crippen LogP) is -0.225. The van der Waals surface area contributed by atoms with Crippen molar-refractivity contribution in [2.75, 3.05) is 33.4 Å². The van der Waals surface area contributed by atoms with Gasteiger partial charge < -0.3 is 19.7 Å². The molecule has 1 fully saturated rings. The second kappa shape index (κ2) is 6.15. The standard InChI is InChI=1S/C12H22N2O4/c1-9(15)13-5-11(16)14-6-10(7-17-4)18-12(2,3)8-14/h10H,5-8H2,1-4H3,(H,13,15). The van der Waals surface area contributed by atoms with E-state index in [0.717, 1.165) is 0 Å². The van der Waals surface area contributed by atoms with Crippen molar-refractivity contribution in [3.63, 3.8) is 0 Å². The maximum absolute atomic E-state index is 12.0. The van der Waals surface area contributed by atoms with Gasteiger partial charge in [-0.1, -0.05) is 0 Å². The van der Waals surface area contributed by atoms with E-state index >= 15 is 0 Å². The Bertz CT molecular complexity index is 317. The molecule has 6 nitrogen and oxygen atoms in total. The van der Waals surface area contributed by atoms with Crippen LogP contribution in [0.1, 0.15) is 20.8 Å². The quantitative estimate of drug-likeness (QED) is 0.756. The zero-order chi connectivity index (χ0) is 13.8. The Kier molecular flexibility index (Phi) is 5.10. The molecule has 0 aromatic carbocycles. The molecule has 0 saturated carbocycles. The third-order valence-corrected chi connectivity index (χ3v) is 2.68. The first-order chi connectivity index (χ1) is 8.34. The van der Waals surface area contributed by atoms with Gasteiger partial charge in [-0.2, -0.15) is 0 Å². The van der Waals surface area contributed by atoms with E-state index in [-0.39, 0.29) is 24.5 Å². The minimum Gasteiger partial charge on any atom is -0.382 e. The molecule has 0 aliphatic carbocycles. The lowest BCUT2D eigenvalue weighted by Gasteiger charge is -2.42. The normalized spacial score (nSPS) is 22.7. The minimum atomic E-state index is -0.396. The number of carbonyl (C=O) groups is 2. The van der Waals surface area contributed by atoms with E-state index in [0.29, 0.717) is 19.7 Å². The Morgan fingerprint density at radius 2 is 2.17 bits per heavy atom. The number of carbonyl (C=O) groups excluding carboxylic acids is 2. The molecule has 1 aliphatic rings. The summed E-state index contributed by atoms with van der Waals surface area (Å²) in [5.74, 6) is -0.299. The minimum absolute atomic E-state index is 0.0329. The summed E-state index contributed by atoms with van der Waals surface area (Å²) in [4.78, 5) is 24.5. The van der Waals surface area contributed by atoms with Gasteiger partial charge in [0.25, 0.3) is 0 Å². The molecule has 0 aromatic rings. The van der Waals surface area contributed by atoms with Crippen molar-refractivity contribution in [3.8, 4) is 0 Å². The summed E-state index contributed by atoms with van der Waals surface area (Å²) in [6, 6.07) is 0. The van der Waals surface area contributed by atoms with Crippen LogP contribution in [0.25, 0.3) is 0 Å². The van der Waals surface area contributed by atoms with Gasteiger partial charge in [-0.15, -0.1) is 0 Å². The molecule has 0 bridgehead atoms. The highest BCUT2D eigenvalue weighted by atomic mass is 16.5. The van der Waals surface area contributed by atoms with Gasteiger partial charge in [0.1, 0.15) is 0 Å². The monoisotopic (exact) mass is 258 g/mol. The fourth-order valence-electron chi connectivity index (χ4n) is 2.07. The summed E-state index contributed by atoms with van der Waals surface area (Å²) in [5, 5.41) is 2.51. The molecule has 1 aliphatic heterocycles. The average Bonchev–Trinajstić information content (AvgIpc) is 2.24. The summed E-state index contributed by atoms with van der Waals surface area (Å²) in [7, 11) is 1.61. The van der Waals surface area contributed by atoms with Gasteiger partial charge in [-0.05, 0) is 13.8 Å². The first-order valence-corrected chi connectivity index (χ1v) is 6.03. The van der Waals surface area contributed by atoms with E-state index in [1.807, 2.05) is 13.8 Å². The first kappa shape index (κ1) is 14.9. The molecule has 1 rings (SSSR count). The van der Waals surface area contributed by atoms with Gasteiger partial charge in [0.15, 0.2) is 0 Å². The van der Waals surface area contributed by atoms with Gasteiger partial charge in [0, 0.05) is 27.1 Å². The zero-order valence-corrected chi connectivity index (χ0v) is 11.5. The fraction of sp³-hybridized carbons (Fsp3) is 0.833. The van der Waals surface area contributed by atoms with Crippen molar-refractivity contribution in [2.45, 2.75) is 32.5 Å². The molecule has 18 heavy (non-hydrogen) atoms. The highest BCUT2D eigenvalue weighted by Crippen LogP contribution is 2.21. The van der Waals surface area contributed by atoms with Crippen molar-refractivity contribution in [3.05, 3.63) is 0 Å². The molecular formula is C12H22N2O4. The summed E-state index contributed by atoms with van der Waals surface area (Å²) >= 11 is 0. The Balaban J connectivity index is 2.58. The molecule has 1 atom stereocenters. The van der Waals surface area contributed by atoms with E-state index in [4.69, 9.17) is 9.47 Å². The molecular weight excluding hydrogens is 236 g/mol. The van der Waals surface area contributed by atoms with Crippen molar-refractivity contribution < 1.29 is 19.1 Å². The maximum atomic E-state index is 12.0. The Hall–Kier alpha value is -1.14. The molecule has 2 amide bonds. The molecule has 0 spiro atoms. The van der Waals surface area contributed by atoms with Gasteiger partial charge in [0.2, 0.25) is 11.8 Å². The van der Waals surface area contributed by atoms with Crippen LogP contribution < -0.4 is 5.32 Å². The van der Waals surface area contributed by atoms with E-state index in [9.17, 15) is 9.59 Å². The van der Waals surface area contributed by atoms with Crippen molar-refractivity contribution in [2.24, 2.45) is 0 Å². The molecule has 1 N–H and O–H groups in total. The number of rotatable bonds is 4. The number of hydrogen-bond donors (Lipinski definition) is 1.